The van der Waals surface area contributed by atoms with Crippen molar-refractivity contribution in [1.29, 1.82) is 0 Å². The molecule has 0 aliphatic heterocycles. The lowest BCUT2D eigenvalue weighted by molar-refractivity contribution is 0.564. The van der Waals surface area contributed by atoms with Crippen LogP contribution in [0.15, 0.2) is 30.3 Å². The first-order chi connectivity index (χ1) is 8.75. The third kappa shape index (κ3) is 2.02. The number of aromatic nitrogens is 1. The van der Waals surface area contributed by atoms with Crippen LogP contribution in [0, 0.1) is 0 Å². The van der Waals surface area contributed by atoms with E-state index in [9.17, 15) is 0 Å². The fourth-order valence-corrected chi connectivity index (χ4v) is 3.50. The minimum absolute atomic E-state index is 0.128. The Hall–Kier alpha value is -1.39. The summed E-state index contributed by atoms with van der Waals surface area (Å²) in [6.45, 7) is 0. The second-order valence-corrected chi connectivity index (χ2v) is 5.76. The van der Waals surface area contributed by atoms with Gasteiger partial charge >= 0.3 is 0 Å². The molecule has 1 aliphatic rings. The van der Waals surface area contributed by atoms with Crippen LogP contribution in [0.25, 0.3) is 0 Å². The summed E-state index contributed by atoms with van der Waals surface area (Å²) in [5, 5.41) is 1.04. The Labute approximate surface area is 111 Å². The number of benzene rings is 1. The van der Waals surface area contributed by atoms with Crippen molar-refractivity contribution in [3.8, 4) is 0 Å². The van der Waals surface area contributed by atoms with Gasteiger partial charge in [0.2, 0.25) is 0 Å². The van der Waals surface area contributed by atoms with Crippen molar-refractivity contribution >= 4 is 22.2 Å². The minimum Gasteiger partial charge on any atom is -0.323 e. The third-order valence-electron chi connectivity index (χ3n) is 3.42. The fourth-order valence-electron chi connectivity index (χ4n) is 2.34. The Morgan fingerprint density at radius 2 is 2.11 bits per heavy atom. The predicted molar refractivity (Wildman–Crippen MR) is 76.5 cm³/mol. The molecule has 1 aromatic carbocycles. The molecule has 1 aliphatic carbocycles. The quantitative estimate of drug-likeness (QED) is 0.900. The van der Waals surface area contributed by atoms with Gasteiger partial charge in [-0.05, 0) is 31.4 Å². The highest BCUT2D eigenvalue weighted by Crippen LogP contribution is 2.37. The van der Waals surface area contributed by atoms with E-state index in [1.54, 1.807) is 11.3 Å². The van der Waals surface area contributed by atoms with E-state index < -0.39 is 0 Å². The first-order valence-corrected chi connectivity index (χ1v) is 7.11. The molecule has 1 heterocycles. The number of nitrogens with zero attached hydrogens (tertiary/aromatic N) is 2. The monoisotopic (exact) mass is 259 g/mol. The lowest BCUT2D eigenvalue weighted by Gasteiger charge is -2.16. The van der Waals surface area contributed by atoms with E-state index in [-0.39, 0.29) is 6.04 Å². The maximum atomic E-state index is 6.12. The van der Waals surface area contributed by atoms with Crippen molar-refractivity contribution in [2.45, 2.75) is 25.3 Å². The summed E-state index contributed by atoms with van der Waals surface area (Å²) >= 11 is 1.78. The Morgan fingerprint density at radius 1 is 1.33 bits per heavy atom. The smallest absolute Gasteiger partial charge is 0.190 e. The molecule has 2 aromatic rings. The normalized spacial score (nSPS) is 18.4. The van der Waals surface area contributed by atoms with Crippen LogP contribution in [-0.2, 0) is 6.42 Å². The Morgan fingerprint density at radius 3 is 2.83 bits per heavy atom. The van der Waals surface area contributed by atoms with Crippen molar-refractivity contribution < 1.29 is 0 Å². The summed E-state index contributed by atoms with van der Waals surface area (Å²) < 4.78 is 0. The number of thiazole rings is 1. The Kier molecular flexibility index (Phi) is 3.06. The third-order valence-corrected chi connectivity index (χ3v) is 4.62. The molecule has 2 N–H and O–H groups in total. The molecule has 1 atom stereocenters. The van der Waals surface area contributed by atoms with E-state index in [0.29, 0.717) is 0 Å². The van der Waals surface area contributed by atoms with Crippen LogP contribution in [0.4, 0.5) is 10.8 Å². The number of para-hydroxylation sites is 1. The van der Waals surface area contributed by atoms with Crippen molar-refractivity contribution in [3.63, 3.8) is 0 Å². The largest absolute Gasteiger partial charge is 0.323 e. The van der Waals surface area contributed by atoms with Gasteiger partial charge in [-0.25, -0.2) is 4.98 Å². The molecule has 18 heavy (non-hydrogen) atoms. The molecule has 0 radical (unpaired) electrons. The minimum atomic E-state index is 0.128. The number of anilines is 2. The summed E-state index contributed by atoms with van der Waals surface area (Å²) in [4.78, 5) is 8.23. The van der Waals surface area contributed by atoms with Gasteiger partial charge in [0.25, 0.3) is 0 Å². The highest BCUT2D eigenvalue weighted by molar-refractivity contribution is 7.15. The van der Waals surface area contributed by atoms with Crippen LogP contribution in [-0.4, -0.2) is 12.0 Å². The first kappa shape index (κ1) is 11.7. The molecule has 0 saturated heterocycles. The molecule has 3 nitrogen and oxygen atoms in total. The molecule has 4 heteroatoms. The van der Waals surface area contributed by atoms with Crippen LogP contribution in [0.3, 0.4) is 0 Å². The zero-order valence-corrected chi connectivity index (χ0v) is 11.3. The number of aryl methyl sites for hydroxylation is 1. The molecule has 0 amide bonds. The molecular formula is C14H17N3S. The molecular weight excluding hydrogens is 242 g/mol. The van der Waals surface area contributed by atoms with E-state index in [1.165, 1.54) is 11.3 Å². The average Bonchev–Trinajstić information content (AvgIpc) is 2.84. The molecule has 0 bridgehead atoms. The van der Waals surface area contributed by atoms with Gasteiger partial charge in [0.05, 0.1) is 5.69 Å². The zero-order chi connectivity index (χ0) is 12.5. The standard InChI is InChI=1S/C14H17N3S/c1-17(10-6-3-2-4-7-10)14-16-13-11(15)8-5-9-12(13)18-14/h2-4,6-7,11H,5,8-9,15H2,1H3. The van der Waals surface area contributed by atoms with Crippen LogP contribution in [0.1, 0.15) is 29.5 Å². The van der Waals surface area contributed by atoms with Gasteiger partial charge in [-0.15, -0.1) is 11.3 Å². The number of rotatable bonds is 2. The molecule has 94 valence electrons. The van der Waals surface area contributed by atoms with E-state index in [1.807, 2.05) is 18.2 Å². The van der Waals surface area contributed by atoms with Crippen LogP contribution < -0.4 is 10.6 Å². The van der Waals surface area contributed by atoms with Crippen molar-refractivity contribution in [2.24, 2.45) is 5.73 Å². The Bertz CT molecular complexity index is 535. The van der Waals surface area contributed by atoms with Crippen molar-refractivity contribution in [2.75, 3.05) is 11.9 Å². The van der Waals surface area contributed by atoms with Gasteiger partial charge in [0.15, 0.2) is 5.13 Å². The molecule has 0 saturated carbocycles. The van der Waals surface area contributed by atoms with Crippen LogP contribution >= 0.6 is 11.3 Å². The van der Waals surface area contributed by atoms with Gasteiger partial charge in [0.1, 0.15) is 0 Å². The van der Waals surface area contributed by atoms with Crippen molar-refractivity contribution in [3.05, 3.63) is 40.9 Å². The SMILES string of the molecule is CN(c1ccccc1)c1nc2c(s1)CCCC2N. The first-order valence-electron chi connectivity index (χ1n) is 6.29. The van der Waals surface area contributed by atoms with Gasteiger partial charge in [0, 0.05) is 23.7 Å². The number of hydrogen-bond acceptors (Lipinski definition) is 4. The maximum absolute atomic E-state index is 6.12. The summed E-state index contributed by atoms with van der Waals surface area (Å²) in [5.74, 6) is 0. The second-order valence-electron chi connectivity index (χ2n) is 4.70. The lowest BCUT2D eigenvalue weighted by atomic mass is 9.99. The molecule has 0 fully saturated rings. The van der Waals surface area contributed by atoms with Crippen LogP contribution in [0.5, 0.6) is 0 Å². The van der Waals surface area contributed by atoms with E-state index in [0.717, 1.165) is 29.4 Å². The van der Waals surface area contributed by atoms with Crippen molar-refractivity contribution in [1.82, 2.24) is 4.98 Å². The van der Waals surface area contributed by atoms with Crippen LogP contribution in [0.2, 0.25) is 0 Å². The fraction of sp³-hybridized carbons (Fsp3) is 0.357. The summed E-state index contributed by atoms with van der Waals surface area (Å²) in [7, 11) is 2.06. The van der Waals surface area contributed by atoms with Gasteiger partial charge in [-0.1, -0.05) is 18.2 Å². The number of hydrogen-bond donors (Lipinski definition) is 1. The number of nitrogens with two attached hydrogens (primary N) is 1. The predicted octanol–water partition coefficient (Wildman–Crippen LogP) is 3.25. The Balaban J connectivity index is 1.94. The van der Waals surface area contributed by atoms with E-state index in [2.05, 4.69) is 24.1 Å². The average molecular weight is 259 g/mol. The zero-order valence-electron chi connectivity index (χ0n) is 10.5. The summed E-state index contributed by atoms with van der Waals surface area (Å²) in [5.41, 5.74) is 8.40. The second kappa shape index (κ2) is 4.71. The summed E-state index contributed by atoms with van der Waals surface area (Å²) in [6, 6.07) is 10.4. The topological polar surface area (TPSA) is 42.2 Å². The van der Waals surface area contributed by atoms with Gasteiger partial charge in [-0.2, -0.15) is 0 Å². The molecule has 0 spiro atoms. The molecule has 1 aromatic heterocycles. The highest BCUT2D eigenvalue weighted by atomic mass is 32.1. The molecule has 3 rings (SSSR count). The van der Waals surface area contributed by atoms with Gasteiger partial charge in [-0.3, -0.25) is 0 Å². The molecule has 1 unspecified atom stereocenters. The summed E-state index contributed by atoms with van der Waals surface area (Å²) in [6.07, 6.45) is 3.37. The number of fused-ring (bicyclic) bond motifs is 1. The lowest BCUT2D eigenvalue weighted by Crippen LogP contribution is -2.17. The highest BCUT2D eigenvalue weighted by Gasteiger charge is 2.23. The van der Waals surface area contributed by atoms with E-state index in [4.69, 9.17) is 10.7 Å². The maximum Gasteiger partial charge on any atom is 0.190 e. The van der Waals surface area contributed by atoms with E-state index >= 15 is 0 Å². The van der Waals surface area contributed by atoms with Gasteiger partial charge < -0.3 is 10.6 Å².